The van der Waals surface area contributed by atoms with Gasteiger partial charge in [-0.15, -0.1) is 0 Å². The Balaban J connectivity index is 2.92. The van der Waals surface area contributed by atoms with E-state index < -0.39 is 24.8 Å². The second kappa shape index (κ2) is 2.91. The van der Waals surface area contributed by atoms with Crippen molar-refractivity contribution in [2.45, 2.75) is 17.6 Å². The van der Waals surface area contributed by atoms with Crippen LogP contribution in [-0.4, -0.2) is 31.9 Å². The van der Waals surface area contributed by atoms with Crippen LogP contribution in [0.5, 0.6) is 0 Å². The molecule has 1 saturated carbocycles. The molecule has 0 unspecified atom stereocenters. The van der Waals surface area contributed by atoms with Crippen LogP contribution in [0.4, 0.5) is 0 Å². The van der Waals surface area contributed by atoms with Crippen molar-refractivity contribution in [2.75, 3.05) is 18.8 Å². The first-order valence-corrected chi connectivity index (χ1v) is 8.31. The summed E-state index contributed by atoms with van der Waals surface area (Å²) >= 11 is 0. The summed E-state index contributed by atoms with van der Waals surface area (Å²) < 4.78 is 21.3. The van der Waals surface area contributed by atoms with Crippen LogP contribution in [-0.2, 0) is 10.0 Å². The Morgan fingerprint density at radius 3 is 1.92 bits per heavy atom. The molecular weight excluding hydrogens is 206 g/mol. The van der Waals surface area contributed by atoms with E-state index in [1.165, 1.54) is 0 Å². The molecule has 1 aliphatic carbocycles. The molecule has 0 aromatic rings. The first-order chi connectivity index (χ1) is 5.66. The molecule has 3 nitrogen and oxygen atoms in total. The third-order valence-electron chi connectivity index (χ3n) is 1.83. The summed E-state index contributed by atoms with van der Waals surface area (Å²) in [5, 5.41) is 8.09. The van der Waals surface area contributed by atoms with E-state index in [1.807, 2.05) is 18.8 Å². The topological polar surface area (TPSA) is 60.2 Å². The van der Waals surface area contributed by atoms with Crippen LogP contribution >= 0.6 is 10.0 Å². The Bertz CT molecular complexity index is 363. The van der Waals surface area contributed by atoms with Crippen LogP contribution in [0.25, 0.3) is 0 Å². The minimum atomic E-state index is -3.47. The third-order valence-corrected chi connectivity index (χ3v) is 4.15. The Labute approximate surface area is 81.4 Å². The third kappa shape index (κ3) is 2.63. The molecule has 2 N–H and O–H groups in total. The Morgan fingerprint density at radius 2 is 1.69 bits per heavy atom. The summed E-state index contributed by atoms with van der Waals surface area (Å²) in [5.74, 6) is 2.82. The van der Waals surface area contributed by atoms with Crippen molar-refractivity contribution in [1.82, 2.24) is 0 Å². The maximum atomic E-state index is 11.1. The van der Waals surface area contributed by atoms with Gasteiger partial charge in [0, 0.05) is 0 Å². The number of sulfonamides is 1. The highest BCUT2D eigenvalue weighted by atomic mass is 32.3. The molecule has 0 spiro atoms. The predicted molar refractivity (Wildman–Crippen MR) is 58.2 cm³/mol. The standard InChI is InChI=1S/C8H15NO2S2/c1-12(2,3)7-6-8(4-5-8)13(9,10)11/h4-5H2,1-3H3,(H2,9,10,11). The van der Waals surface area contributed by atoms with Crippen molar-refractivity contribution < 1.29 is 8.42 Å². The average molecular weight is 221 g/mol. The fraction of sp³-hybridized carbons (Fsp3) is 0.750. The molecule has 0 radical (unpaired) electrons. The van der Waals surface area contributed by atoms with E-state index in [4.69, 9.17) is 5.14 Å². The van der Waals surface area contributed by atoms with Gasteiger partial charge in [0.2, 0.25) is 10.0 Å². The van der Waals surface area contributed by atoms with E-state index in [2.05, 4.69) is 11.2 Å². The van der Waals surface area contributed by atoms with Crippen LogP contribution in [0.3, 0.4) is 0 Å². The van der Waals surface area contributed by atoms with Gasteiger partial charge in [-0.3, -0.25) is 0 Å². The minimum absolute atomic E-state index is 0.592. The molecule has 0 aromatic heterocycles. The monoisotopic (exact) mass is 221 g/mol. The lowest BCUT2D eigenvalue weighted by Gasteiger charge is -2.16. The van der Waals surface area contributed by atoms with Gasteiger partial charge in [-0.25, -0.2) is 13.6 Å². The minimum Gasteiger partial charge on any atom is -0.227 e. The first-order valence-electron chi connectivity index (χ1n) is 3.91. The van der Waals surface area contributed by atoms with E-state index in [0.29, 0.717) is 12.8 Å². The van der Waals surface area contributed by atoms with Gasteiger partial charge in [-0.1, -0.05) is 11.2 Å². The quantitative estimate of drug-likeness (QED) is 0.654. The fourth-order valence-corrected chi connectivity index (χ4v) is 2.27. The lowest BCUT2D eigenvalue weighted by Crippen LogP contribution is -2.28. The van der Waals surface area contributed by atoms with Gasteiger partial charge in [-0.05, 0) is 31.6 Å². The summed E-state index contributed by atoms with van der Waals surface area (Å²) in [6.45, 7) is 0. The van der Waals surface area contributed by atoms with E-state index in [-0.39, 0.29) is 0 Å². The molecule has 0 aromatic carbocycles. The summed E-state index contributed by atoms with van der Waals surface area (Å²) in [5.41, 5.74) is 0. The SMILES string of the molecule is CS(C)(C)C#CC1(S(N)(=O)=O)CC1. The normalized spacial score (nSPS) is 21.5. The van der Waals surface area contributed by atoms with Crippen LogP contribution in [0, 0.1) is 11.2 Å². The second-order valence-electron chi connectivity index (χ2n) is 4.10. The van der Waals surface area contributed by atoms with Crippen molar-refractivity contribution in [3.63, 3.8) is 0 Å². The van der Waals surface area contributed by atoms with Crippen LogP contribution < -0.4 is 5.14 Å². The highest BCUT2D eigenvalue weighted by Gasteiger charge is 2.52. The lowest BCUT2D eigenvalue weighted by atomic mass is 10.4. The Morgan fingerprint density at radius 1 is 1.23 bits per heavy atom. The van der Waals surface area contributed by atoms with Crippen molar-refractivity contribution in [2.24, 2.45) is 5.14 Å². The molecule has 0 amide bonds. The summed E-state index contributed by atoms with van der Waals surface area (Å²) in [6.07, 6.45) is 7.26. The molecule has 0 heterocycles. The predicted octanol–water partition coefficient (Wildman–Crippen LogP) is 0.462. The van der Waals surface area contributed by atoms with E-state index >= 15 is 0 Å². The molecule has 13 heavy (non-hydrogen) atoms. The molecule has 76 valence electrons. The number of hydrogen-bond donors (Lipinski definition) is 1. The van der Waals surface area contributed by atoms with E-state index in [1.54, 1.807) is 0 Å². The molecule has 1 rings (SSSR count). The van der Waals surface area contributed by atoms with Gasteiger partial charge < -0.3 is 0 Å². The number of primary sulfonamides is 1. The second-order valence-corrected chi connectivity index (χ2v) is 9.85. The average Bonchev–Trinajstić information content (AvgIpc) is 2.58. The number of rotatable bonds is 1. The maximum Gasteiger partial charge on any atom is 0.226 e. The van der Waals surface area contributed by atoms with Crippen molar-refractivity contribution in [1.29, 1.82) is 0 Å². The smallest absolute Gasteiger partial charge is 0.226 e. The first kappa shape index (κ1) is 10.9. The van der Waals surface area contributed by atoms with Gasteiger partial charge in [0.1, 0.15) is 4.75 Å². The molecule has 0 bridgehead atoms. The van der Waals surface area contributed by atoms with Gasteiger partial charge in [0.25, 0.3) is 0 Å². The summed E-state index contributed by atoms with van der Waals surface area (Å²) in [4.78, 5) is 0. The fourth-order valence-electron chi connectivity index (χ4n) is 0.840. The van der Waals surface area contributed by atoms with Crippen LogP contribution in [0.15, 0.2) is 0 Å². The zero-order valence-electron chi connectivity index (χ0n) is 8.12. The molecule has 5 heteroatoms. The lowest BCUT2D eigenvalue weighted by molar-refractivity contribution is 0.590. The number of nitrogens with two attached hydrogens (primary N) is 1. The molecule has 1 fully saturated rings. The van der Waals surface area contributed by atoms with Crippen molar-refractivity contribution in [3.05, 3.63) is 0 Å². The van der Waals surface area contributed by atoms with Gasteiger partial charge >= 0.3 is 0 Å². The molecule has 0 saturated heterocycles. The zero-order valence-corrected chi connectivity index (χ0v) is 9.76. The maximum absolute atomic E-state index is 11.1. The molecular formula is C8H15NO2S2. The highest BCUT2D eigenvalue weighted by Crippen LogP contribution is 2.43. The zero-order chi connectivity index (χ0) is 10.3. The van der Waals surface area contributed by atoms with E-state index in [0.717, 1.165) is 0 Å². The van der Waals surface area contributed by atoms with Crippen LogP contribution in [0.1, 0.15) is 12.8 Å². The molecule has 0 atom stereocenters. The van der Waals surface area contributed by atoms with E-state index in [9.17, 15) is 8.42 Å². The Kier molecular flexibility index (Phi) is 2.44. The van der Waals surface area contributed by atoms with Gasteiger partial charge in [0.05, 0.1) is 0 Å². The Hall–Kier alpha value is -0.180. The van der Waals surface area contributed by atoms with Gasteiger partial charge in [0.15, 0.2) is 0 Å². The largest absolute Gasteiger partial charge is 0.227 e. The van der Waals surface area contributed by atoms with Crippen molar-refractivity contribution >= 4 is 20.1 Å². The molecule has 1 aliphatic rings. The molecule has 0 aliphatic heterocycles. The summed E-state index contributed by atoms with van der Waals surface area (Å²) in [6, 6.07) is 0. The number of hydrogen-bond acceptors (Lipinski definition) is 2. The van der Waals surface area contributed by atoms with Gasteiger partial charge in [-0.2, -0.15) is 10.0 Å². The summed E-state index contributed by atoms with van der Waals surface area (Å²) in [7, 11) is -4.43. The van der Waals surface area contributed by atoms with Crippen LogP contribution in [0.2, 0.25) is 0 Å². The van der Waals surface area contributed by atoms with Crippen molar-refractivity contribution in [3.8, 4) is 11.2 Å². The highest BCUT2D eigenvalue weighted by molar-refractivity contribution is 8.36.